The molecule has 1 N–H and O–H groups in total. The zero-order valence-corrected chi connectivity index (χ0v) is 25.6. The molecule has 1 aliphatic heterocycles. The first-order chi connectivity index (χ1) is 20.6. The Bertz CT molecular complexity index is 1730. The molecular weight excluding hydrogens is 609 g/mol. The van der Waals surface area contributed by atoms with Gasteiger partial charge in [0.1, 0.15) is 5.75 Å². The summed E-state index contributed by atoms with van der Waals surface area (Å²) in [5.74, 6) is -0.567. The lowest BCUT2D eigenvalue weighted by Crippen LogP contribution is -2.52. The number of aryl methyl sites for hydroxylation is 1. The number of anilines is 1. The monoisotopic (exact) mass is 637 g/mol. The summed E-state index contributed by atoms with van der Waals surface area (Å²) in [6.45, 7) is 1.42. The minimum Gasteiger partial charge on any atom is -0.477 e. The van der Waals surface area contributed by atoms with Gasteiger partial charge in [0, 0.05) is 13.1 Å². The van der Waals surface area contributed by atoms with Crippen LogP contribution in [0.15, 0.2) is 102 Å². The molecule has 11 heteroatoms. The van der Waals surface area contributed by atoms with E-state index in [1.807, 2.05) is 37.3 Å². The van der Waals surface area contributed by atoms with Crippen molar-refractivity contribution in [3.8, 4) is 5.75 Å². The Balaban J connectivity index is 1.42. The second-order valence-corrected chi connectivity index (χ2v) is 12.9. The van der Waals surface area contributed by atoms with E-state index in [1.54, 1.807) is 54.6 Å². The predicted octanol–water partition coefficient (Wildman–Crippen LogP) is 5.60. The van der Waals surface area contributed by atoms with E-state index in [9.17, 15) is 18.0 Å². The van der Waals surface area contributed by atoms with Gasteiger partial charge in [-0.2, -0.15) is 4.31 Å². The molecule has 8 nitrogen and oxygen atoms in total. The van der Waals surface area contributed by atoms with Crippen molar-refractivity contribution >= 4 is 50.7 Å². The number of carbonyl (C=O) groups excluding carboxylic acids is 2. The summed E-state index contributed by atoms with van der Waals surface area (Å²) < 4.78 is 34.8. The minimum atomic E-state index is -4.12. The number of hydrogen-bond acceptors (Lipinski definition) is 5. The number of sulfonamides is 1. The maximum Gasteiger partial charge on any atom is 0.263 e. The SMILES string of the molecule is Cc1ccc(S(=O)(=O)N(CC(=O)N2CC(C(=O)NCc3ccccc3)Oc3ccccc32)Cc2ccc(Cl)c(Cl)c2)cc1. The highest BCUT2D eigenvalue weighted by Crippen LogP contribution is 2.34. The fraction of sp³-hybridized carbons (Fsp3) is 0.188. The molecule has 1 unspecified atom stereocenters. The number of carbonyl (C=O) groups is 2. The fourth-order valence-electron chi connectivity index (χ4n) is 4.67. The van der Waals surface area contributed by atoms with Gasteiger partial charge in [0.2, 0.25) is 15.9 Å². The topological polar surface area (TPSA) is 96.0 Å². The van der Waals surface area contributed by atoms with Crippen molar-refractivity contribution in [2.45, 2.75) is 31.0 Å². The van der Waals surface area contributed by atoms with E-state index in [0.717, 1.165) is 15.4 Å². The van der Waals surface area contributed by atoms with Gasteiger partial charge in [0.25, 0.3) is 5.91 Å². The number of halogens is 2. The largest absolute Gasteiger partial charge is 0.477 e. The van der Waals surface area contributed by atoms with Crippen molar-refractivity contribution in [2.75, 3.05) is 18.0 Å². The molecule has 0 bridgehead atoms. The Morgan fingerprint density at radius 2 is 1.60 bits per heavy atom. The van der Waals surface area contributed by atoms with Crippen LogP contribution in [0.25, 0.3) is 0 Å². The number of benzene rings is 4. The van der Waals surface area contributed by atoms with Crippen molar-refractivity contribution in [3.63, 3.8) is 0 Å². The van der Waals surface area contributed by atoms with Gasteiger partial charge in [0.05, 0.1) is 33.7 Å². The lowest BCUT2D eigenvalue weighted by molar-refractivity contribution is -0.128. The molecule has 5 rings (SSSR count). The van der Waals surface area contributed by atoms with Crippen LogP contribution in [0, 0.1) is 6.92 Å². The van der Waals surface area contributed by atoms with Gasteiger partial charge in [-0.1, -0.05) is 89.4 Å². The molecule has 43 heavy (non-hydrogen) atoms. The Morgan fingerprint density at radius 3 is 2.33 bits per heavy atom. The van der Waals surface area contributed by atoms with Crippen LogP contribution in [-0.2, 0) is 32.7 Å². The van der Waals surface area contributed by atoms with Crippen LogP contribution in [0.4, 0.5) is 5.69 Å². The van der Waals surface area contributed by atoms with E-state index in [0.29, 0.717) is 28.6 Å². The summed E-state index contributed by atoms with van der Waals surface area (Å²) in [5, 5.41) is 3.46. The fourth-order valence-corrected chi connectivity index (χ4v) is 6.37. The molecule has 4 aromatic carbocycles. The lowest BCUT2D eigenvalue weighted by atomic mass is 10.1. The second kappa shape index (κ2) is 13.2. The van der Waals surface area contributed by atoms with Crippen molar-refractivity contribution in [2.24, 2.45) is 0 Å². The van der Waals surface area contributed by atoms with Crippen LogP contribution < -0.4 is 15.0 Å². The van der Waals surface area contributed by atoms with Gasteiger partial charge in [-0.25, -0.2) is 8.42 Å². The summed E-state index contributed by atoms with van der Waals surface area (Å²) in [6.07, 6.45) is -1.00. The number of amides is 2. The number of hydrogen-bond donors (Lipinski definition) is 1. The van der Waals surface area contributed by atoms with E-state index < -0.39 is 34.5 Å². The molecule has 0 fully saturated rings. The molecule has 1 aliphatic rings. The summed E-state index contributed by atoms with van der Waals surface area (Å²) in [7, 11) is -4.12. The molecule has 0 saturated heterocycles. The number of fused-ring (bicyclic) bond motifs is 1. The highest BCUT2D eigenvalue weighted by atomic mass is 35.5. The summed E-state index contributed by atoms with van der Waals surface area (Å²) in [5.41, 5.74) is 2.81. The molecule has 0 radical (unpaired) electrons. The number of nitrogens with zero attached hydrogens (tertiary/aromatic N) is 2. The van der Waals surface area contributed by atoms with E-state index in [1.165, 1.54) is 17.0 Å². The molecule has 0 aliphatic carbocycles. The van der Waals surface area contributed by atoms with E-state index in [-0.39, 0.29) is 23.0 Å². The lowest BCUT2D eigenvalue weighted by Gasteiger charge is -2.35. The maximum absolute atomic E-state index is 13.9. The third-order valence-electron chi connectivity index (χ3n) is 6.99. The van der Waals surface area contributed by atoms with Crippen molar-refractivity contribution < 1.29 is 22.7 Å². The van der Waals surface area contributed by atoms with Gasteiger partial charge >= 0.3 is 0 Å². The average Bonchev–Trinajstić information content (AvgIpc) is 3.01. The zero-order valence-electron chi connectivity index (χ0n) is 23.2. The predicted molar refractivity (Wildman–Crippen MR) is 167 cm³/mol. The van der Waals surface area contributed by atoms with Gasteiger partial charge in [-0.3, -0.25) is 9.59 Å². The number of nitrogens with one attached hydrogen (secondary N) is 1. The normalized spacial score (nSPS) is 14.6. The van der Waals surface area contributed by atoms with Crippen LogP contribution >= 0.6 is 23.2 Å². The molecule has 1 heterocycles. The van der Waals surface area contributed by atoms with Crippen molar-refractivity contribution in [1.82, 2.24) is 9.62 Å². The average molecular weight is 639 g/mol. The van der Waals surface area contributed by atoms with E-state index >= 15 is 0 Å². The minimum absolute atomic E-state index is 0.0477. The van der Waals surface area contributed by atoms with Gasteiger partial charge < -0.3 is 15.0 Å². The van der Waals surface area contributed by atoms with E-state index in [2.05, 4.69) is 5.32 Å². The van der Waals surface area contributed by atoms with Crippen LogP contribution in [0.1, 0.15) is 16.7 Å². The molecular formula is C32H29Cl2N3O5S. The second-order valence-electron chi connectivity index (χ2n) is 10.1. The first kappa shape index (κ1) is 30.6. The van der Waals surface area contributed by atoms with Crippen LogP contribution in [-0.4, -0.2) is 43.7 Å². The standard InChI is InChI=1S/C32H29Cl2N3O5S/c1-22-11-14-25(15-12-22)43(40,41)36(19-24-13-16-26(33)27(34)17-24)21-31(38)37-20-30(42-29-10-6-5-9-28(29)37)32(39)35-18-23-7-3-2-4-8-23/h2-17,30H,18-21H2,1H3,(H,35,39). The number of rotatable bonds is 9. The maximum atomic E-state index is 13.9. The summed E-state index contributed by atoms with van der Waals surface area (Å²) in [4.78, 5) is 28.5. The summed E-state index contributed by atoms with van der Waals surface area (Å²) in [6, 6.07) is 27.5. The first-order valence-electron chi connectivity index (χ1n) is 13.5. The highest BCUT2D eigenvalue weighted by Gasteiger charge is 2.36. The third-order valence-corrected chi connectivity index (χ3v) is 9.53. The molecule has 2 amide bonds. The number of para-hydroxylation sites is 2. The Morgan fingerprint density at radius 1 is 0.907 bits per heavy atom. The van der Waals surface area contributed by atoms with Crippen molar-refractivity contribution in [1.29, 1.82) is 0 Å². The van der Waals surface area contributed by atoms with Crippen LogP contribution in [0.2, 0.25) is 10.0 Å². The summed E-state index contributed by atoms with van der Waals surface area (Å²) >= 11 is 12.3. The van der Waals surface area contributed by atoms with Gasteiger partial charge in [0.15, 0.2) is 6.10 Å². The molecule has 0 saturated carbocycles. The van der Waals surface area contributed by atoms with Crippen molar-refractivity contribution in [3.05, 3.63) is 124 Å². The highest BCUT2D eigenvalue weighted by molar-refractivity contribution is 7.89. The quantitative estimate of drug-likeness (QED) is 0.258. The molecule has 0 aromatic heterocycles. The third kappa shape index (κ3) is 7.19. The van der Waals surface area contributed by atoms with E-state index in [4.69, 9.17) is 27.9 Å². The molecule has 1 atom stereocenters. The number of ether oxygens (including phenoxy) is 1. The molecule has 222 valence electrons. The Hall–Kier alpha value is -3.89. The van der Waals surface area contributed by atoms with Crippen LogP contribution in [0.5, 0.6) is 5.75 Å². The molecule has 4 aromatic rings. The zero-order chi connectivity index (χ0) is 30.6. The molecule has 0 spiro atoms. The Labute approximate surface area is 260 Å². The van der Waals surface area contributed by atoms with Gasteiger partial charge in [-0.15, -0.1) is 0 Å². The smallest absolute Gasteiger partial charge is 0.263 e. The Kier molecular flexibility index (Phi) is 9.37. The van der Waals surface area contributed by atoms with Crippen LogP contribution in [0.3, 0.4) is 0 Å². The van der Waals surface area contributed by atoms with Gasteiger partial charge in [-0.05, 0) is 54.4 Å². The first-order valence-corrected chi connectivity index (χ1v) is 15.7.